The first-order valence-corrected chi connectivity index (χ1v) is 8.38. The van der Waals surface area contributed by atoms with E-state index < -0.39 is 22.1 Å². The number of piperidine rings is 1. The van der Waals surface area contributed by atoms with E-state index >= 15 is 0 Å². The smallest absolute Gasteiger partial charge is 0.306 e. The summed E-state index contributed by atoms with van der Waals surface area (Å²) in [4.78, 5) is 10.8. The Morgan fingerprint density at radius 1 is 1.38 bits per heavy atom. The molecule has 9 heteroatoms. The van der Waals surface area contributed by atoms with Crippen molar-refractivity contribution in [3.05, 3.63) is 18.5 Å². The van der Waals surface area contributed by atoms with Crippen LogP contribution in [0.2, 0.25) is 0 Å². The van der Waals surface area contributed by atoms with Crippen molar-refractivity contribution in [3.8, 4) is 0 Å². The van der Waals surface area contributed by atoms with Gasteiger partial charge in [-0.2, -0.15) is 17.8 Å². The molecule has 0 saturated carbocycles. The summed E-state index contributed by atoms with van der Waals surface area (Å²) >= 11 is 0. The number of aryl methyl sites for hydroxylation is 1. The van der Waals surface area contributed by atoms with Crippen LogP contribution in [-0.2, 0) is 21.5 Å². The summed E-state index contributed by atoms with van der Waals surface area (Å²) in [6.45, 7) is 1.49. The van der Waals surface area contributed by atoms with Crippen molar-refractivity contribution < 1.29 is 18.3 Å². The molecule has 0 amide bonds. The van der Waals surface area contributed by atoms with E-state index in [1.807, 2.05) is 12.3 Å². The van der Waals surface area contributed by atoms with E-state index in [9.17, 15) is 13.2 Å². The van der Waals surface area contributed by atoms with Gasteiger partial charge in [-0.25, -0.2) is 4.72 Å². The van der Waals surface area contributed by atoms with Crippen LogP contribution in [0.4, 0.5) is 0 Å². The van der Waals surface area contributed by atoms with Gasteiger partial charge in [0.05, 0.1) is 5.92 Å². The molecule has 1 aliphatic rings. The number of carboxylic acids is 1. The van der Waals surface area contributed by atoms with Crippen LogP contribution >= 0.6 is 0 Å². The Morgan fingerprint density at radius 2 is 2.10 bits per heavy atom. The Labute approximate surface area is 123 Å². The number of hydrogen-bond donors (Lipinski definition) is 2. The van der Waals surface area contributed by atoms with Crippen molar-refractivity contribution >= 4 is 16.2 Å². The molecule has 1 fully saturated rings. The van der Waals surface area contributed by atoms with Crippen molar-refractivity contribution in [2.75, 3.05) is 19.6 Å². The molecule has 0 aliphatic carbocycles. The molecule has 1 aromatic heterocycles. The highest BCUT2D eigenvalue weighted by atomic mass is 32.2. The van der Waals surface area contributed by atoms with Crippen LogP contribution in [0.25, 0.3) is 0 Å². The summed E-state index contributed by atoms with van der Waals surface area (Å²) in [5.74, 6) is -1.28. The lowest BCUT2D eigenvalue weighted by Gasteiger charge is -2.29. The molecule has 21 heavy (non-hydrogen) atoms. The lowest BCUT2D eigenvalue weighted by atomic mass is 9.99. The zero-order valence-electron chi connectivity index (χ0n) is 11.7. The standard InChI is InChI=1S/C12H20N4O4S/c17-12(18)11-3-9-16(10-4-11)21(19,20)14-6-2-8-15-7-1-5-13-15/h1,5,7,11,14H,2-4,6,8-10H2,(H,17,18). The highest BCUT2D eigenvalue weighted by molar-refractivity contribution is 7.87. The van der Waals surface area contributed by atoms with Gasteiger partial charge in [0.2, 0.25) is 0 Å². The number of hydrogen-bond acceptors (Lipinski definition) is 4. The SMILES string of the molecule is O=C(O)C1CCN(S(=O)(=O)NCCCn2cccn2)CC1. The summed E-state index contributed by atoms with van der Waals surface area (Å²) in [6.07, 6.45) is 4.88. The number of aliphatic carboxylic acids is 1. The van der Waals surface area contributed by atoms with Gasteiger partial charge in [-0.1, -0.05) is 0 Å². The maximum atomic E-state index is 12.1. The molecule has 2 heterocycles. The topological polar surface area (TPSA) is 105 Å². The van der Waals surface area contributed by atoms with Gasteiger partial charge in [-0.15, -0.1) is 0 Å². The van der Waals surface area contributed by atoms with Gasteiger partial charge in [-0.3, -0.25) is 9.48 Å². The Morgan fingerprint density at radius 3 is 2.67 bits per heavy atom. The zero-order valence-corrected chi connectivity index (χ0v) is 12.5. The van der Waals surface area contributed by atoms with E-state index in [2.05, 4.69) is 9.82 Å². The number of nitrogens with zero attached hydrogens (tertiary/aromatic N) is 3. The molecule has 0 aromatic carbocycles. The normalized spacial score (nSPS) is 17.9. The van der Waals surface area contributed by atoms with Crippen molar-refractivity contribution in [1.82, 2.24) is 18.8 Å². The Bertz CT molecular complexity index is 550. The van der Waals surface area contributed by atoms with Crippen LogP contribution in [0, 0.1) is 5.92 Å². The number of nitrogens with one attached hydrogen (secondary N) is 1. The van der Waals surface area contributed by atoms with Crippen molar-refractivity contribution in [1.29, 1.82) is 0 Å². The van der Waals surface area contributed by atoms with Gasteiger partial charge in [0.25, 0.3) is 10.2 Å². The maximum Gasteiger partial charge on any atom is 0.306 e. The Balaban J connectivity index is 1.73. The molecule has 0 spiro atoms. The largest absolute Gasteiger partial charge is 0.481 e. The fraction of sp³-hybridized carbons (Fsp3) is 0.667. The third kappa shape index (κ3) is 4.51. The molecule has 1 aromatic rings. The van der Waals surface area contributed by atoms with E-state index in [1.54, 1.807) is 10.9 Å². The molecular formula is C12H20N4O4S. The Hall–Kier alpha value is -1.45. The lowest BCUT2D eigenvalue weighted by molar-refractivity contribution is -0.142. The Kier molecular flexibility index (Phi) is 5.32. The third-order valence-electron chi connectivity index (χ3n) is 3.55. The third-order valence-corrected chi connectivity index (χ3v) is 5.16. The van der Waals surface area contributed by atoms with Crippen molar-refractivity contribution in [2.24, 2.45) is 5.92 Å². The van der Waals surface area contributed by atoms with Crippen LogP contribution in [0.1, 0.15) is 19.3 Å². The highest BCUT2D eigenvalue weighted by Crippen LogP contribution is 2.19. The number of carboxylic acid groups (broad SMARTS) is 1. The van der Waals surface area contributed by atoms with Crippen molar-refractivity contribution in [3.63, 3.8) is 0 Å². The molecule has 1 saturated heterocycles. The first-order valence-electron chi connectivity index (χ1n) is 6.94. The average Bonchev–Trinajstić information content (AvgIpc) is 2.97. The summed E-state index contributed by atoms with van der Waals surface area (Å²) in [5.41, 5.74) is 0. The number of carbonyl (C=O) groups is 1. The van der Waals surface area contributed by atoms with E-state index in [-0.39, 0.29) is 13.1 Å². The summed E-state index contributed by atoms with van der Waals surface area (Å²) in [5, 5.41) is 12.9. The minimum Gasteiger partial charge on any atom is -0.481 e. The van der Waals surface area contributed by atoms with Gasteiger partial charge in [0.15, 0.2) is 0 Å². The quantitative estimate of drug-likeness (QED) is 0.684. The minimum absolute atomic E-state index is 0.255. The van der Waals surface area contributed by atoms with Crippen LogP contribution in [0.15, 0.2) is 18.5 Å². The first-order chi connectivity index (χ1) is 9.99. The minimum atomic E-state index is -3.51. The van der Waals surface area contributed by atoms with Gasteiger partial charge < -0.3 is 5.11 Å². The molecular weight excluding hydrogens is 296 g/mol. The molecule has 118 valence electrons. The fourth-order valence-electron chi connectivity index (χ4n) is 2.31. The molecule has 0 atom stereocenters. The summed E-state index contributed by atoms with van der Waals surface area (Å²) in [7, 11) is -3.51. The van der Waals surface area contributed by atoms with Crippen LogP contribution in [0.3, 0.4) is 0 Å². The van der Waals surface area contributed by atoms with Crippen LogP contribution in [0.5, 0.6) is 0 Å². The number of aromatic nitrogens is 2. The van der Waals surface area contributed by atoms with Crippen LogP contribution < -0.4 is 4.72 Å². The lowest BCUT2D eigenvalue weighted by Crippen LogP contribution is -2.46. The molecule has 8 nitrogen and oxygen atoms in total. The second-order valence-electron chi connectivity index (χ2n) is 5.03. The zero-order chi connectivity index (χ0) is 15.3. The van der Waals surface area contributed by atoms with E-state index in [0.717, 1.165) is 0 Å². The van der Waals surface area contributed by atoms with Crippen LogP contribution in [-0.4, -0.2) is 53.2 Å². The predicted octanol–water partition coefficient (Wildman–Crippen LogP) is -0.0958. The number of rotatable bonds is 7. The van der Waals surface area contributed by atoms with E-state index in [4.69, 9.17) is 5.11 Å². The van der Waals surface area contributed by atoms with E-state index in [0.29, 0.717) is 32.4 Å². The van der Waals surface area contributed by atoms with Gasteiger partial charge in [0, 0.05) is 38.6 Å². The van der Waals surface area contributed by atoms with Crippen molar-refractivity contribution in [2.45, 2.75) is 25.8 Å². The molecule has 1 aliphatic heterocycles. The maximum absolute atomic E-state index is 12.1. The average molecular weight is 316 g/mol. The van der Waals surface area contributed by atoms with Gasteiger partial charge in [-0.05, 0) is 25.3 Å². The fourth-order valence-corrected chi connectivity index (χ4v) is 3.59. The molecule has 0 unspecified atom stereocenters. The van der Waals surface area contributed by atoms with E-state index in [1.165, 1.54) is 4.31 Å². The monoisotopic (exact) mass is 316 g/mol. The van der Waals surface area contributed by atoms with Gasteiger partial charge >= 0.3 is 5.97 Å². The van der Waals surface area contributed by atoms with Gasteiger partial charge in [0.1, 0.15) is 0 Å². The molecule has 2 N–H and O–H groups in total. The molecule has 2 rings (SSSR count). The second-order valence-corrected chi connectivity index (χ2v) is 6.79. The molecule has 0 bridgehead atoms. The summed E-state index contributed by atoms with van der Waals surface area (Å²) < 4.78 is 29.7. The molecule has 0 radical (unpaired) electrons. The highest BCUT2D eigenvalue weighted by Gasteiger charge is 2.30. The summed E-state index contributed by atoms with van der Waals surface area (Å²) in [6, 6.07) is 1.82. The second kappa shape index (κ2) is 7.01. The predicted molar refractivity (Wildman–Crippen MR) is 75.7 cm³/mol. The first kappa shape index (κ1) is 15.9.